The molecule has 25 heavy (non-hydrogen) atoms. The molecule has 1 fully saturated rings. The van der Waals surface area contributed by atoms with Gasteiger partial charge in [-0.3, -0.25) is 9.69 Å². The zero-order chi connectivity index (χ0) is 18.0. The Morgan fingerprint density at radius 3 is 2.64 bits per heavy atom. The van der Waals surface area contributed by atoms with E-state index in [-0.39, 0.29) is 5.56 Å². The fourth-order valence-electron chi connectivity index (χ4n) is 3.58. The Labute approximate surface area is 148 Å². The lowest BCUT2D eigenvalue weighted by Crippen LogP contribution is -2.49. The van der Waals surface area contributed by atoms with Gasteiger partial charge in [-0.25, -0.2) is 0 Å². The van der Waals surface area contributed by atoms with Crippen LogP contribution < -0.4 is 10.3 Å². The summed E-state index contributed by atoms with van der Waals surface area (Å²) >= 11 is 0. The number of likely N-dealkylation sites (tertiary alicyclic amines) is 1. The monoisotopic (exact) mass is 345 g/mol. The highest BCUT2D eigenvalue weighted by molar-refractivity contribution is 5.80. The van der Waals surface area contributed by atoms with Gasteiger partial charge >= 0.3 is 0 Å². The molecule has 0 saturated carbocycles. The van der Waals surface area contributed by atoms with Gasteiger partial charge in [-0.05, 0) is 50.5 Å². The van der Waals surface area contributed by atoms with Crippen molar-refractivity contribution in [1.29, 1.82) is 0 Å². The van der Waals surface area contributed by atoms with E-state index in [1.165, 1.54) is 0 Å². The Morgan fingerprint density at radius 2 is 2.00 bits per heavy atom. The minimum Gasteiger partial charge on any atom is -0.497 e. The summed E-state index contributed by atoms with van der Waals surface area (Å²) in [6, 6.07) is 7.64. The lowest BCUT2D eigenvalue weighted by molar-refractivity contribution is -0.0388. The van der Waals surface area contributed by atoms with Gasteiger partial charge in [-0.15, -0.1) is 0 Å². The van der Waals surface area contributed by atoms with Crippen LogP contribution in [0.25, 0.3) is 10.9 Å². The molecule has 0 spiro atoms. The summed E-state index contributed by atoms with van der Waals surface area (Å²) in [6.45, 7) is 2.88. The SMILES string of the molecule is COc1ccc2cc(CN3CCC(O)(CN(C)C)CC3)c(=O)[nH]c2c1. The first kappa shape index (κ1) is 17.9. The third kappa shape index (κ3) is 4.21. The first-order valence-electron chi connectivity index (χ1n) is 8.68. The van der Waals surface area contributed by atoms with E-state index in [1.807, 2.05) is 43.3 Å². The van der Waals surface area contributed by atoms with Crippen LogP contribution in [0.15, 0.2) is 29.1 Å². The zero-order valence-electron chi connectivity index (χ0n) is 15.2. The Morgan fingerprint density at radius 1 is 1.28 bits per heavy atom. The predicted molar refractivity (Wildman–Crippen MR) is 99.1 cm³/mol. The Kier molecular flexibility index (Phi) is 5.13. The number of pyridine rings is 1. The number of methoxy groups -OCH3 is 1. The maximum atomic E-state index is 12.4. The number of ether oxygens (including phenoxy) is 1. The smallest absolute Gasteiger partial charge is 0.252 e. The van der Waals surface area contributed by atoms with Crippen LogP contribution in [0.1, 0.15) is 18.4 Å². The molecule has 0 bridgehead atoms. The first-order chi connectivity index (χ1) is 11.9. The zero-order valence-corrected chi connectivity index (χ0v) is 15.2. The molecule has 2 aromatic rings. The molecule has 1 aliphatic heterocycles. The number of nitrogens with one attached hydrogen (secondary N) is 1. The summed E-state index contributed by atoms with van der Waals surface area (Å²) in [5, 5.41) is 11.6. The summed E-state index contributed by atoms with van der Waals surface area (Å²) in [7, 11) is 5.57. The highest BCUT2D eigenvalue weighted by Crippen LogP contribution is 2.24. The van der Waals surface area contributed by atoms with E-state index in [1.54, 1.807) is 7.11 Å². The van der Waals surface area contributed by atoms with Gasteiger partial charge in [0.2, 0.25) is 0 Å². The van der Waals surface area contributed by atoms with Crippen molar-refractivity contribution >= 4 is 10.9 Å². The highest BCUT2D eigenvalue weighted by Gasteiger charge is 2.32. The summed E-state index contributed by atoms with van der Waals surface area (Å²) in [4.78, 5) is 19.6. The fourth-order valence-corrected chi connectivity index (χ4v) is 3.58. The lowest BCUT2D eigenvalue weighted by atomic mass is 9.91. The average Bonchev–Trinajstić information content (AvgIpc) is 2.56. The number of benzene rings is 1. The Hall–Kier alpha value is -1.89. The molecule has 1 aliphatic rings. The van der Waals surface area contributed by atoms with Crippen molar-refractivity contribution in [3.05, 3.63) is 40.2 Å². The number of H-pyrrole nitrogens is 1. The molecule has 6 nitrogen and oxygen atoms in total. The number of aromatic amines is 1. The maximum Gasteiger partial charge on any atom is 0.252 e. The normalized spacial score (nSPS) is 18.0. The third-order valence-electron chi connectivity index (χ3n) is 4.92. The first-order valence-corrected chi connectivity index (χ1v) is 8.68. The molecular weight excluding hydrogens is 318 g/mol. The van der Waals surface area contributed by atoms with Crippen molar-refractivity contribution < 1.29 is 9.84 Å². The number of nitrogens with zero attached hydrogens (tertiary/aromatic N) is 2. The number of hydrogen-bond donors (Lipinski definition) is 2. The molecule has 0 amide bonds. The van der Waals surface area contributed by atoms with Gasteiger partial charge in [0.25, 0.3) is 5.56 Å². The summed E-state index contributed by atoms with van der Waals surface area (Å²) < 4.78 is 5.20. The van der Waals surface area contributed by atoms with Crippen LogP contribution in [-0.4, -0.2) is 66.3 Å². The van der Waals surface area contributed by atoms with E-state index in [0.717, 1.165) is 48.1 Å². The van der Waals surface area contributed by atoms with E-state index in [9.17, 15) is 9.90 Å². The van der Waals surface area contributed by atoms with Crippen molar-refractivity contribution in [2.75, 3.05) is 40.8 Å². The summed E-state index contributed by atoms with van der Waals surface area (Å²) in [5.74, 6) is 0.729. The van der Waals surface area contributed by atoms with E-state index in [4.69, 9.17) is 4.74 Å². The number of hydrogen-bond acceptors (Lipinski definition) is 5. The summed E-state index contributed by atoms with van der Waals surface area (Å²) in [5.41, 5.74) is 0.865. The number of likely N-dealkylation sites (N-methyl/N-ethyl adjacent to an activating group) is 1. The second-order valence-corrected chi connectivity index (χ2v) is 7.32. The lowest BCUT2D eigenvalue weighted by Gasteiger charge is -2.39. The van der Waals surface area contributed by atoms with E-state index in [2.05, 4.69) is 9.88 Å². The van der Waals surface area contributed by atoms with Crippen LogP contribution in [0.4, 0.5) is 0 Å². The molecule has 1 aromatic heterocycles. The van der Waals surface area contributed by atoms with Crippen molar-refractivity contribution in [2.24, 2.45) is 0 Å². The Balaban J connectivity index is 1.71. The third-order valence-corrected chi connectivity index (χ3v) is 4.92. The second kappa shape index (κ2) is 7.15. The minimum atomic E-state index is -0.619. The Bertz CT molecular complexity index is 792. The van der Waals surface area contributed by atoms with Gasteiger partial charge in [-0.2, -0.15) is 0 Å². The molecule has 0 radical (unpaired) electrons. The van der Waals surface area contributed by atoms with Gasteiger partial charge < -0.3 is 19.7 Å². The fraction of sp³-hybridized carbons (Fsp3) is 0.526. The number of piperidine rings is 1. The van der Waals surface area contributed by atoms with Gasteiger partial charge in [0.1, 0.15) is 5.75 Å². The van der Waals surface area contributed by atoms with Gasteiger partial charge in [0.05, 0.1) is 18.2 Å². The van der Waals surface area contributed by atoms with E-state index >= 15 is 0 Å². The molecule has 0 unspecified atom stereocenters. The van der Waals surface area contributed by atoms with Crippen molar-refractivity contribution in [3.8, 4) is 5.75 Å². The number of rotatable bonds is 5. The van der Waals surface area contributed by atoms with Gasteiger partial charge in [-0.1, -0.05) is 0 Å². The van der Waals surface area contributed by atoms with Crippen LogP contribution >= 0.6 is 0 Å². The molecule has 6 heteroatoms. The number of fused-ring (bicyclic) bond motifs is 1. The van der Waals surface area contributed by atoms with Crippen molar-refractivity contribution in [2.45, 2.75) is 25.0 Å². The average molecular weight is 345 g/mol. The number of aromatic nitrogens is 1. The van der Waals surface area contributed by atoms with Crippen LogP contribution in [0.3, 0.4) is 0 Å². The molecule has 2 N–H and O–H groups in total. The largest absolute Gasteiger partial charge is 0.497 e. The molecule has 3 rings (SSSR count). The van der Waals surface area contributed by atoms with Crippen LogP contribution in [0.5, 0.6) is 5.75 Å². The standard InChI is InChI=1S/C19H27N3O3/c1-21(2)13-19(24)6-8-22(9-7-19)12-15-10-14-4-5-16(25-3)11-17(14)20-18(15)23/h4-5,10-11,24H,6-9,12-13H2,1-3H3,(H,20,23). The van der Waals surface area contributed by atoms with Crippen molar-refractivity contribution in [1.82, 2.24) is 14.8 Å². The second-order valence-electron chi connectivity index (χ2n) is 7.32. The molecule has 1 saturated heterocycles. The van der Waals surface area contributed by atoms with Gasteiger partial charge in [0, 0.05) is 37.8 Å². The number of aliphatic hydroxyl groups is 1. The van der Waals surface area contributed by atoms with Gasteiger partial charge in [0.15, 0.2) is 0 Å². The van der Waals surface area contributed by atoms with E-state index < -0.39 is 5.60 Å². The minimum absolute atomic E-state index is 0.0603. The maximum absolute atomic E-state index is 12.4. The van der Waals surface area contributed by atoms with Crippen LogP contribution in [0, 0.1) is 0 Å². The molecule has 1 aromatic carbocycles. The molecular formula is C19H27N3O3. The highest BCUT2D eigenvalue weighted by atomic mass is 16.5. The molecule has 136 valence electrons. The molecule has 0 aliphatic carbocycles. The molecule has 2 heterocycles. The molecule has 0 atom stereocenters. The quantitative estimate of drug-likeness (QED) is 0.858. The predicted octanol–water partition coefficient (Wildman–Crippen LogP) is 1.43. The van der Waals surface area contributed by atoms with Crippen LogP contribution in [-0.2, 0) is 6.54 Å². The summed E-state index contributed by atoms with van der Waals surface area (Å²) in [6.07, 6.45) is 1.46. The van der Waals surface area contributed by atoms with Crippen molar-refractivity contribution in [3.63, 3.8) is 0 Å². The van der Waals surface area contributed by atoms with E-state index in [0.29, 0.717) is 13.1 Å². The van der Waals surface area contributed by atoms with Crippen LogP contribution in [0.2, 0.25) is 0 Å². The topological polar surface area (TPSA) is 68.8 Å².